The van der Waals surface area contributed by atoms with Crippen LogP contribution < -0.4 is 0 Å². The molecule has 0 aromatic rings. The molecule has 1 fully saturated rings. The number of rotatable bonds is 3. The minimum Gasteiger partial charge on any atom is -0.361 e. The molecule has 1 atom stereocenters. The highest BCUT2D eigenvalue weighted by atomic mass is 16.5. The summed E-state index contributed by atoms with van der Waals surface area (Å²) in [5, 5.41) is 0. The third kappa shape index (κ3) is 2.37. The van der Waals surface area contributed by atoms with Crippen LogP contribution in [0.15, 0.2) is 0 Å². The van der Waals surface area contributed by atoms with E-state index in [0.29, 0.717) is 6.42 Å². The molecule has 1 aliphatic heterocycles. The summed E-state index contributed by atoms with van der Waals surface area (Å²) >= 11 is 0. The topological polar surface area (TPSA) is 43.4 Å². The van der Waals surface area contributed by atoms with E-state index in [9.17, 15) is 9.59 Å². The van der Waals surface area contributed by atoms with Crippen LogP contribution in [0.25, 0.3) is 0 Å². The van der Waals surface area contributed by atoms with Gasteiger partial charge in [0.05, 0.1) is 5.60 Å². The molecule has 3 nitrogen and oxygen atoms in total. The van der Waals surface area contributed by atoms with Crippen LogP contribution in [0.1, 0.15) is 39.5 Å². The van der Waals surface area contributed by atoms with Crippen molar-refractivity contribution in [2.75, 3.05) is 0 Å². The molecule has 0 radical (unpaired) electrons. The van der Waals surface area contributed by atoms with E-state index in [1.54, 1.807) is 0 Å². The molecule has 0 aliphatic carbocycles. The molecule has 0 bridgehead atoms. The van der Waals surface area contributed by atoms with Gasteiger partial charge < -0.3 is 14.3 Å². The monoisotopic (exact) mass is 184 g/mol. The van der Waals surface area contributed by atoms with Crippen molar-refractivity contribution in [1.29, 1.82) is 0 Å². The maximum Gasteiger partial charge on any atom is 0.152 e. The fraction of sp³-hybridized carbons (Fsp3) is 0.800. The molecule has 0 N–H and O–H groups in total. The van der Waals surface area contributed by atoms with Gasteiger partial charge in [-0.05, 0) is 33.1 Å². The van der Waals surface area contributed by atoms with Gasteiger partial charge in [0.25, 0.3) is 0 Å². The maximum atomic E-state index is 10.9. The molecule has 1 saturated heterocycles. The summed E-state index contributed by atoms with van der Waals surface area (Å²) < 4.78 is 5.65. The number of carbonyl (C=O) groups excluding carboxylic acids is 2. The molecule has 0 aromatic heterocycles. The lowest BCUT2D eigenvalue weighted by Crippen LogP contribution is -2.47. The Morgan fingerprint density at radius 2 is 2.00 bits per heavy atom. The minimum atomic E-state index is -0.844. The molecule has 13 heavy (non-hydrogen) atoms. The first-order valence-electron chi connectivity index (χ1n) is 4.64. The Kier molecular flexibility index (Phi) is 2.86. The van der Waals surface area contributed by atoms with Crippen LogP contribution in [0.5, 0.6) is 0 Å². The predicted molar refractivity (Wildman–Crippen MR) is 48.5 cm³/mol. The van der Waals surface area contributed by atoms with Gasteiger partial charge in [-0.25, -0.2) is 0 Å². The lowest BCUT2D eigenvalue weighted by atomic mass is 9.86. The summed E-state index contributed by atoms with van der Waals surface area (Å²) in [5.41, 5.74) is -1.12. The minimum absolute atomic E-state index is 0.180. The molecule has 1 heterocycles. The number of hydrogen-bond acceptors (Lipinski definition) is 3. The van der Waals surface area contributed by atoms with Crippen molar-refractivity contribution in [3.63, 3.8) is 0 Å². The van der Waals surface area contributed by atoms with Crippen molar-refractivity contribution in [3.8, 4) is 0 Å². The van der Waals surface area contributed by atoms with Gasteiger partial charge in [-0.3, -0.25) is 0 Å². The van der Waals surface area contributed by atoms with Crippen molar-refractivity contribution >= 4 is 12.6 Å². The van der Waals surface area contributed by atoms with E-state index >= 15 is 0 Å². The summed E-state index contributed by atoms with van der Waals surface area (Å²) in [6.07, 6.45) is 4.28. The van der Waals surface area contributed by atoms with Crippen LogP contribution in [-0.4, -0.2) is 23.8 Å². The van der Waals surface area contributed by atoms with Gasteiger partial charge in [0.2, 0.25) is 0 Å². The normalized spacial score (nSPS) is 32.5. The quantitative estimate of drug-likeness (QED) is 0.624. The van der Waals surface area contributed by atoms with E-state index < -0.39 is 5.60 Å². The van der Waals surface area contributed by atoms with E-state index in [2.05, 4.69) is 0 Å². The third-order valence-electron chi connectivity index (χ3n) is 2.50. The molecule has 1 rings (SSSR count). The second kappa shape index (κ2) is 3.58. The molecule has 0 aromatic carbocycles. The standard InChI is InChI=1S/C10H16O3/c1-9(2)4-3-5-10(8-12,13-9)6-7-11/h7-8H,3-6H2,1-2H3. The Bertz CT molecular complexity index is 210. The number of hydrogen-bond donors (Lipinski definition) is 0. The molecule has 0 amide bonds. The maximum absolute atomic E-state index is 10.9. The van der Waals surface area contributed by atoms with E-state index in [4.69, 9.17) is 4.74 Å². The van der Waals surface area contributed by atoms with Gasteiger partial charge >= 0.3 is 0 Å². The Morgan fingerprint density at radius 3 is 2.46 bits per heavy atom. The van der Waals surface area contributed by atoms with Gasteiger partial charge in [-0.15, -0.1) is 0 Å². The SMILES string of the molecule is CC1(C)CCCC(C=O)(CC=O)O1. The Morgan fingerprint density at radius 1 is 1.31 bits per heavy atom. The van der Waals surface area contributed by atoms with Crippen molar-refractivity contribution in [2.45, 2.75) is 50.7 Å². The molecule has 1 unspecified atom stereocenters. The van der Waals surface area contributed by atoms with Gasteiger partial charge in [0.15, 0.2) is 6.29 Å². The van der Waals surface area contributed by atoms with Crippen molar-refractivity contribution < 1.29 is 14.3 Å². The molecular formula is C10H16O3. The zero-order chi connectivity index (χ0) is 9.95. The van der Waals surface area contributed by atoms with Crippen LogP contribution in [0.2, 0.25) is 0 Å². The largest absolute Gasteiger partial charge is 0.361 e. The second-order valence-electron chi connectivity index (χ2n) is 4.27. The number of ether oxygens (including phenoxy) is 1. The highest BCUT2D eigenvalue weighted by molar-refractivity contribution is 5.69. The Labute approximate surface area is 78.5 Å². The third-order valence-corrected chi connectivity index (χ3v) is 2.50. The molecule has 1 aliphatic rings. The van der Waals surface area contributed by atoms with Gasteiger partial charge in [0.1, 0.15) is 11.9 Å². The number of carbonyl (C=O) groups is 2. The van der Waals surface area contributed by atoms with E-state index in [0.717, 1.165) is 25.4 Å². The predicted octanol–water partition coefficient (Wildman–Crippen LogP) is 1.49. The molecule has 0 saturated carbocycles. The Hall–Kier alpha value is -0.700. The van der Waals surface area contributed by atoms with Crippen LogP contribution in [0.4, 0.5) is 0 Å². The van der Waals surface area contributed by atoms with Crippen molar-refractivity contribution in [2.24, 2.45) is 0 Å². The fourth-order valence-electron chi connectivity index (χ4n) is 1.88. The van der Waals surface area contributed by atoms with Crippen molar-refractivity contribution in [3.05, 3.63) is 0 Å². The van der Waals surface area contributed by atoms with Gasteiger partial charge in [-0.2, -0.15) is 0 Å². The first kappa shape index (κ1) is 10.4. The first-order valence-corrected chi connectivity index (χ1v) is 4.64. The van der Waals surface area contributed by atoms with Crippen LogP contribution in [-0.2, 0) is 14.3 Å². The van der Waals surface area contributed by atoms with Crippen LogP contribution in [0.3, 0.4) is 0 Å². The van der Waals surface area contributed by atoms with E-state index in [-0.39, 0.29) is 12.0 Å². The van der Waals surface area contributed by atoms with Gasteiger partial charge in [0, 0.05) is 6.42 Å². The van der Waals surface area contributed by atoms with Crippen molar-refractivity contribution in [1.82, 2.24) is 0 Å². The molecule has 0 spiro atoms. The average molecular weight is 184 g/mol. The van der Waals surface area contributed by atoms with Gasteiger partial charge in [-0.1, -0.05) is 0 Å². The molecular weight excluding hydrogens is 168 g/mol. The zero-order valence-corrected chi connectivity index (χ0v) is 8.21. The summed E-state index contributed by atoms with van der Waals surface area (Å²) in [7, 11) is 0. The fourth-order valence-corrected chi connectivity index (χ4v) is 1.88. The Balaban J connectivity index is 2.75. The average Bonchev–Trinajstić information content (AvgIpc) is 2.03. The lowest BCUT2D eigenvalue weighted by Gasteiger charge is -2.41. The highest BCUT2D eigenvalue weighted by Gasteiger charge is 2.40. The highest BCUT2D eigenvalue weighted by Crippen LogP contribution is 2.35. The summed E-state index contributed by atoms with van der Waals surface area (Å²) in [6.45, 7) is 3.91. The summed E-state index contributed by atoms with van der Waals surface area (Å²) in [4.78, 5) is 21.3. The summed E-state index contributed by atoms with van der Waals surface area (Å²) in [5.74, 6) is 0. The number of aldehydes is 2. The van der Waals surface area contributed by atoms with E-state index in [1.807, 2.05) is 13.8 Å². The van der Waals surface area contributed by atoms with Crippen LogP contribution in [0, 0.1) is 0 Å². The summed E-state index contributed by atoms with van der Waals surface area (Å²) in [6, 6.07) is 0. The van der Waals surface area contributed by atoms with E-state index in [1.165, 1.54) is 0 Å². The molecule has 74 valence electrons. The lowest BCUT2D eigenvalue weighted by molar-refractivity contribution is -0.177. The van der Waals surface area contributed by atoms with Crippen LogP contribution >= 0.6 is 0 Å². The smallest absolute Gasteiger partial charge is 0.152 e. The molecule has 3 heteroatoms. The zero-order valence-electron chi connectivity index (χ0n) is 8.21. The second-order valence-corrected chi connectivity index (χ2v) is 4.27. The first-order chi connectivity index (χ1) is 6.04.